The summed E-state index contributed by atoms with van der Waals surface area (Å²) in [6, 6.07) is 4.67. The lowest BCUT2D eigenvalue weighted by molar-refractivity contribution is 0.447. The molecule has 0 radical (unpaired) electrons. The van der Waals surface area contributed by atoms with Gasteiger partial charge in [0.1, 0.15) is 5.82 Å². The van der Waals surface area contributed by atoms with E-state index in [1.807, 2.05) is 6.08 Å². The Kier molecular flexibility index (Phi) is 4.74. The van der Waals surface area contributed by atoms with Crippen molar-refractivity contribution < 1.29 is 17.6 Å². The number of rotatable bonds is 4. The molecular formula is C20H18F4. The Morgan fingerprint density at radius 3 is 2.25 bits per heavy atom. The molecule has 0 saturated carbocycles. The topological polar surface area (TPSA) is 0 Å². The van der Waals surface area contributed by atoms with Crippen molar-refractivity contribution in [3.8, 4) is 11.1 Å². The minimum absolute atomic E-state index is 0.00691. The van der Waals surface area contributed by atoms with E-state index in [4.69, 9.17) is 0 Å². The maximum Gasteiger partial charge on any atom is 0.194 e. The number of benzene rings is 2. The van der Waals surface area contributed by atoms with Crippen LogP contribution >= 0.6 is 0 Å². The van der Waals surface area contributed by atoms with Gasteiger partial charge in [0.2, 0.25) is 0 Å². The van der Waals surface area contributed by atoms with Gasteiger partial charge in [-0.3, -0.25) is 0 Å². The van der Waals surface area contributed by atoms with E-state index in [-0.39, 0.29) is 11.1 Å². The fourth-order valence-corrected chi connectivity index (χ4v) is 3.10. The summed E-state index contributed by atoms with van der Waals surface area (Å²) in [6.45, 7) is 2.13. The number of hydrogen-bond donors (Lipinski definition) is 0. The summed E-state index contributed by atoms with van der Waals surface area (Å²) in [5.74, 6) is -4.74. The van der Waals surface area contributed by atoms with Crippen molar-refractivity contribution in [2.24, 2.45) is 0 Å². The molecule has 126 valence electrons. The van der Waals surface area contributed by atoms with Crippen LogP contribution in [0.15, 0.2) is 29.8 Å². The Morgan fingerprint density at radius 1 is 0.875 bits per heavy atom. The lowest BCUT2D eigenvalue weighted by atomic mass is 9.87. The van der Waals surface area contributed by atoms with E-state index in [9.17, 15) is 17.6 Å². The monoisotopic (exact) mass is 334 g/mol. The van der Waals surface area contributed by atoms with Gasteiger partial charge in [0.25, 0.3) is 0 Å². The van der Waals surface area contributed by atoms with Crippen molar-refractivity contribution in [2.75, 3.05) is 0 Å². The van der Waals surface area contributed by atoms with Crippen molar-refractivity contribution in [2.45, 2.75) is 39.0 Å². The highest BCUT2D eigenvalue weighted by Crippen LogP contribution is 2.33. The van der Waals surface area contributed by atoms with Crippen LogP contribution in [0.2, 0.25) is 0 Å². The summed E-state index contributed by atoms with van der Waals surface area (Å²) in [7, 11) is 0. The van der Waals surface area contributed by atoms with Gasteiger partial charge < -0.3 is 0 Å². The van der Waals surface area contributed by atoms with Gasteiger partial charge in [-0.25, -0.2) is 17.6 Å². The van der Waals surface area contributed by atoms with Gasteiger partial charge in [-0.05, 0) is 66.6 Å². The highest BCUT2D eigenvalue weighted by atomic mass is 19.2. The molecule has 0 aliphatic heterocycles. The molecule has 1 aliphatic rings. The van der Waals surface area contributed by atoms with Crippen LogP contribution < -0.4 is 0 Å². The molecule has 2 aromatic rings. The van der Waals surface area contributed by atoms with Gasteiger partial charge in [-0.15, -0.1) is 0 Å². The highest BCUT2D eigenvalue weighted by molar-refractivity contribution is 5.70. The van der Waals surface area contributed by atoms with Gasteiger partial charge in [-0.2, -0.15) is 0 Å². The van der Waals surface area contributed by atoms with E-state index in [2.05, 4.69) is 6.92 Å². The fraction of sp³-hybridized carbons (Fsp3) is 0.300. The second-order valence-corrected chi connectivity index (χ2v) is 6.19. The first kappa shape index (κ1) is 16.7. The minimum Gasteiger partial charge on any atom is -0.206 e. The van der Waals surface area contributed by atoms with E-state index in [0.717, 1.165) is 55.4 Å². The Hall–Kier alpha value is -2.10. The normalized spacial score (nSPS) is 13.6. The number of allylic oxidation sites excluding steroid dienone is 1. The largest absolute Gasteiger partial charge is 0.206 e. The molecule has 0 spiro atoms. The first-order valence-corrected chi connectivity index (χ1v) is 8.16. The molecule has 0 fully saturated rings. The Labute approximate surface area is 138 Å². The van der Waals surface area contributed by atoms with Crippen LogP contribution in [-0.4, -0.2) is 0 Å². The van der Waals surface area contributed by atoms with Crippen molar-refractivity contribution >= 4 is 6.08 Å². The van der Waals surface area contributed by atoms with Crippen molar-refractivity contribution in [1.82, 2.24) is 0 Å². The Morgan fingerprint density at radius 2 is 1.58 bits per heavy atom. The second kappa shape index (κ2) is 6.80. The molecule has 0 unspecified atom stereocenters. The molecule has 0 aromatic heterocycles. The molecule has 0 saturated heterocycles. The molecule has 3 rings (SSSR count). The fourth-order valence-electron chi connectivity index (χ4n) is 3.10. The maximum atomic E-state index is 14.4. The van der Waals surface area contributed by atoms with Crippen LogP contribution in [0.5, 0.6) is 0 Å². The molecule has 0 N–H and O–H groups in total. The first-order chi connectivity index (χ1) is 11.5. The number of aryl methyl sites for hydroxylation is 1. The highest BCUT2D eigenvalue weighted by Gasteiger charge is 2.18. The van der Waals surface area contributed by atoms with Crippen molar-refractivity contribution in [3.05, 3.63) is 64.2 Å². The number of hydrogen-bond acceptors (Lipinski definition) is 0. The lowest BCUT2D eigenvalue weighted by Gasteiger charge is -2.18. The Bertz CT molecular complexity index is 783. The lowest BCUT2D eigenvalue weighted by Crippen LogP contribution is -2.02. The van der Waals surface area contributed by atoms with Crippen LogP contribution in [0.3, 0.4) is 0 Å². The van der Waals surface area contributed by atoms with Gasteiger partial charge >= 0.3 is 0 Å². The van der Waals surface area contributed by atoms with Crippen LogP contribution in [0, 0.1) is 23.3 Å². The molecule has 4 heteroatoms. The van der Waals surface area contributed by atoms with Crippen LogP contribution in [0.1, 0.15) is 43.7 Å². The second-order valence-electron chi connectivity index (χ2n) is 6.19. The molecule has 1 aliphatic carbocycles. The summed E-state index contributed by atoms with van der Waals surface area (Å²) >= 11 is 0. The zero-order chi connectivity index (χ0) is 17.3. The van der Waals surface area contributed by atoms with Crippen molar-refractivity contribution in [1.29, 1.82) is 0 Å². The third-order valence-corrected chi connectivity index (χ3v) is 4.45. The smallest absolute Gasteiger partial charge is 0.194 e. The molecule has 2 aromatic carbocycles. The van der Waals surface area contributed by atoms with Crippen LogP contribution in [-0.2, 0) is 6.42 Å². The molecule has 0 atom stereocenters. The van der Waals surface area contributed by atoms with Gasteiger partial charge in [-0.1, -0.05) is 25.0 Å². The van der Waals surface area contributed by atoms with E-state index in [0.29, 0.717) is 0 Å². The third kappa shape index (κ3) is 3.23. The SMILES string of the molecule is CCCCC1=Cc2cc(F)c(-c3cc(F)c(F)c(F)c3)cc2CC1. The summed E-state index contributed by atoms with van der Waals surface area (Å²) in [4.78, 5) is 0. The predicted molar refractivity (Wildman–Crippen MR) is 87.5 cm³/mol. The average molecular weight is 334 g/mol. The van der Waals surface area contributed by atoms with Gasteiger partial charge in [0.05, 0.1) is 0 Å². The van der Waals surface area contributed by atoms with E-state index in [1.165, 1.54) is 11.6 Å². The molecule has 0 nitrogen and oxygen atoms in total. The zero-order valence-corrected chi connectivity index (χ0v) is 13.4. The average Bonchev–Trinajstić information content (AvgIpc) is 2.56. The molecule has 0 bridgehead atoms. The van der Waals surface area contributed by atoms with E-state index < -0.39 is 23.3 Å². The van der Waals surface area contributed by atoms with Crippen LogP contribution in [0.25, 0.3) is 17.2 Å². The van der Waals surface area contributed by atoms with Gasteiger partial charge in [0.15, 0.2) is 17.5 Å². The zero-order valence-electron chi connectivity index (χ0n) is 13.4. The predicted octanol–water partition coefficient (Wildman–Crippen LogP) is 6.43. The summed E-state index contributed by atoms with van der Waals surface area (Å²) < 4.78 is 54.4. The molecular weight excluding hydrogens is 316 g/mol. The quantitative estimate of drug-likeness (QED) is 0.446. The standard InChI is InChI=1S/C20H18F4/c1-2-3-4-12-5-6-13-8-16(17(21)9-14(13)7-12)15-10-18(22)20(24)19(23)11-15/h7-11H,2-6H2,1H3. The summed E-state index contributed by atoms with van der Waals surface area (Å²) in [5, 5.41) is 0. The maximum absolute atomic E-state index is 14.4. The number of fused-ring (bicyclic) bond motifs is 1. The Balaban J connectivity index is 2.00. The molecule has 0 amide bonds. The minimum atomic E-state index is -1.54. The number of unbranched alkanes of at least 4 members (excludes halogenated alkanes) is 1. The van der Waals surface area contributed by atoms with Crippen molar-refractivity contribution in [3.63, 3.8) is 0 Å². The van der Waals surface area contributed by atoms with Gasteiger partial charge in [0, 0.05) is 5.56 Å². The van der Waals surface area contributed by atoms with E-state index in [1.54, 1.807) is 6.07 Å². The molecule has 24 heavy (non-hydrogen) atoms. The summed E-state index contributed by atoms with van der Waals surface area (Å²) in [6.07, 6.45) is 6.91. The first-order valence-electron chi connectivity index (χ1n) is 8.16. The third-order valence-electron chi connectivity index (χ3n) is 4.45. The van der Waals surface area contributed by atoms with E-state index >= 15 is 0 Å². The summed E-state index contributed by atoms with van der Waals surface area (Å²) in [5.41, 5.74) is 3.16. The molecule has 0 heterocycles. The van der Waals surface area contributed by atoms with Crippen LogP contribution in [0.4, 0.5) is 17.6 Å². The number of halogens is 4.